The Morgan fingerprint density at radius 2 is 1.88 bits per heavy atom. The molecule has 1 amide bonds. The van der Waals surface area contributed by atoms with Gasteiger partial charge in [0, 0.05) is 31.2 Å². The molecule has 0 saturated carbocycles. The van der Waals surface area contributed by atoms with Crippen LogP contribution in [0.2, 0.25) is 5.02 Å². The molecule has 8 nitrogen and oxygen atoms in total. The maximum absolute atomic E-state index is 13.6. The van der Waals surface area contributed by atoms with E-state index in [-0.39, 0.29) is 17.2 Å². The van der Waals surface area contributed by atoms with Gasteiger partial charge in [0.2, 0.25) is 5.91 Å². The van der Waals surface area contributed by atoms with Crippen LogP contribution in [0.5, 0.6) is 5.75 Å². The first-order chi connectivity index (χ1) is 15.3. The molecule has 0 aliphatic carbocycles. The van der Waals surface area contributed by atoms with Crippen molar-refractivity contribution in [3.63, 3.8) is 0 Å². The minimum atomic E-state index is -4.10. The molecule has 2 aromatic carbocycles. The van der Waals surface area contributed by atoms with Crippen molar-refractivity contribution in [2.75, 3.05) is 57.4 Å². The summed E-state index contributed by atoms with van der Waals surface area (Å²) in [5.74, 6) is -0.189. The Hall–Kier alpha value is -2.33. The number of benzene rings is 2. The number of carbonyl (C=O) groups is 1. The van der Waals surface area contributed by atoms with Gasteiger partial charge in [-0.15, -0.1) is 0 Å². The first-order valence-electron chi connectivity index (χ1n) is 10.3. The third kappa shape index (κ3) is 6.13. The van der Waals surface area contributed by atoms with Gasteiger partial charge in [-0.25, -0.2) is 8.42 Å². The summed E-state index contributed by atoms with van der Waals surface area (Å²) in [5.41, 5.74) is 1.09. The third-order valence-corrected chi connectivity index (χ3v) is 7.19. The van der Waals surface area contributed by atoms with E-state index < -0.39 is 15.9 Å². The van der Waals surface area contributed by atoms with E-state index in [0.29, 0.717) is 37.0 Å². The number of morpholine rings is 1. The quantitative estimate of drug-likeness (QED) is 0.591. The number of halogens is 1. The molecule has 1 heterocycles. The van der Waals surface area contributed by atoms with Gasteiger partial charge in [-0.1, -0.05) is 17.7 Å². The predicted molar refractivity (Wildman–Crippen MR) is 124 cm³/mol. The highest BCUT2D eigenvalue weighted by molar-refractivity contribution is 7.93. The summed E-state index contributed by atoms with van der Waals surface area (Å²) >= 11 is 5.98. The molecule has 0 spiro atoms. The topological polar surface area (TPSA) is 88.2 Å². The molecule has 0 aromatic heterocycles. The van der Waals surface area contributed by atoms with E-state index in [1.54, 1.807) is 43.3 Å². The molecular formula is C22H28ClN3O5S. The van der Waals surface area contributed by atoms with E-state index in [1.165, 1.54) is 13.2 Å². The first kappa shape index (κ1) is 24.3. The molecule has 1 aliphatic heterocycles. The Balaban J connectivity index is 1.81. The second kappa shape index (κ2) is 11.0. The molecule has 1 fully saturated rings. The van der Waals surface area contributed by atoms with Gasteiger partial charge in [-0.2, -0.15) is 0 Å². The highest BCUT2D eigenvalue weighted by Gasteiger charge is 2.30. The third-order valence-electron chi connectivity index (χ3n) is 5.14. The zero-order chi connectivity index (χ0) is 23.1. The zero-order valence-corrected chi connectivity index (χ0v) is 19.8. The number of ether oxygens (including phenoxy) is 2. The SMILES string of the molecule is COc1ccc(C)cc1S(=O)(=O)N(CC(=O)NCCN1CCOCC1)c1ccc(Cl)cc1. The van der Waals surface area contributed by atoms with Crippen LogP contribution in [-0.4, -0.2) is 72.3 Å². The van der Waals surface area contributed by atoms with Crippen LogP contribution in [0.1, 0.15) is 5.56 Å². The second-order valence-corrected chi connectivity index (χ2v) is 9.71. The summed E-state index contributed by atoms with van der Waals surface area (Å²) in [7, 11) is -2.68. The van der Waals surface area contributed by atoms with Crippen molar-refractivity contribution in [3.8, 4) is 5.75 Å². The molecule has 10 heteroatoms. The van der Waals surface area contributed by atoms with Gasteiger partial charge in [0.15, 0.2) is 0 Å². The molecule has 1 aliphatic rings. The fourth-order valence-corrected chi connectivity index (χ4v) is 5.18. The van der Waals surface area contributed by atoms with Crippen molar-refractivity contribution in [2.45, 2.75) is 11.8 Å². The molecule has 32 heavy (non-hydrogen) atoms. The number of sulfonamides is 1. The summed E-state index contributed by atoms with van der Waals surface area (Å²) in [6.07, 6.45) is 0. The average molecular weight is 482 g/mol. The van der Waals surface area contributed by atoms with Crippen molar-refractivity contribution in [1.82, 2.24) is 10.2 Å². The van der Waals surface area contributed by atoms with Gasteiger partial charge in [0.05, 0.1) is 26.0 Å². The number of amides is 1. The molecule has 0 radical (unpaired) electrons. The maximum atomic E-state index is 13.6. The Morgan fingerprint density at radius 1 is 1.19 bits per heavy atom. The number of nitrogens with one attached hydrogen (secondary N) is 1. The van der Waals surface area contributed by atoms with Crippen LogP contribution in [-0.2, 0) is 19.6 Å². The second-order valence-electron chi connectivity index (χ2n) is 7.45. The van der Waals surface area contributed by atoms with Crippen molar-refractivity contribution in [1.29, 1.82) is 0 Å². The molecule has 0 bridgehead atoms. The van der Waals surface area contributed by atoms with Gasteiger partial charge in [-0.3, -0.25) is 14.0 Å². The number of hydrogen-bond acceptors (Lipinski definition) is 6. The van der Waals surface area contributed by atoms with Crippen LogP contribution < -0.4 is 14.4 Å². The number of aryl methyl sites for hydroxylation is 1. The lowest BCUT2D eigenvalue weighted by molar-refractivity contribution is -0.119. The number of carbonyl (C=O) groups excluding carboxylic acids is 1. The number of hydrogen-bond donors (Lipinski definition) is 1. The summed E-state index contributed by atoms with van der Waals surface area (Å²) < 4.78 is 38.9. The fourth-order valence-electron chi connectivity index (χ4n) is 3.39. The molecule has 0 atom stereocenters. The molecule has 174 valence electrons. The Morgan fingerprint density at radius 3 is 2.53 bits per heavy atom. The van der Waals surface area contributed by atoms with Crippen molar-refractivity contribution < 1.29 is 22.7 Å². The summed E-state index contributed by atoms with van der Waals surface area (Å²) in [6.45, 7) is 5.50. The van der Waals surface area contributed by atoms with Gasteiger partial charge in [0.25, 0.3) is 10.0 Å². The molecule has 2 aromatic rings. The number of methoxy groups -OCH3 is 1. The molecule has 3 rings (SSSR count). The number of rotatable bonds is 9. The van der Waals surface area contributed by atoms with Crippen molar-refractivity contribution in [3.05, 3.63) is 53.1 Å². The van der Waals surface area contributed by atoms with Crippen LogP contribution in [0.25, 0.3) is 0 Å². The smallest absolute Gasteiger partial charge is 0.268 e. The average Bonchev–Trinajstić information content (AvgIpc) is 2.79. The Bertz CT molecular complexity index is 1020. The van der Waals surface area contributed by atoms with E-state index in [9.17, 15) is 13.2 Å². The van der Waals surface area contributed by atoms with E-state index in [2.05, 4.69) is 10.2 Å². The molecule has 0 unspecified atom stereocenters. The van der Waals surface area contributed by atoms with Crippen LogP contribution in [0, 0.1) is 6.92 Å². The van der Waals surface area contributed by atoms with Gasteiger partial charge < -0.3 is 14.8 Å². The van der Waals surface area contributed by atoms with E-state index in [4.69, 9.17) is 21.1 Å². The van der Waals surface area contributed by atoms with Crippen LogP contribution in [0.3, 0.4) is 0 Å². The summed E-state index contributed by atoms with van der Waals surface area (Å²) in [5, 5.41) is 3.29. The maximum Gasteiger partial charge on any atom is 0.268 e. The van der Waals surface area contributed by atoms with Crippen LogP contribution >= 0.6 is 11.6 Å². The lowest BCUT2D eigenvalue weighted by Gasteiger charge is -2.27. The van der Waals surface area contributed by atoms with E-state index in [1.807, 2.05) is 0 Å². The molecule has 1 saturated heterocycles. The van der Waals surface area contributed by atoms with Gasteiger partial charge in [-0.05, 0) is 48.9 Å². The standard InChI is InChI=1S/C22H28ClN3O5S/c1-17-3-8-20(30-2)21(15-17)32(28,29)26(19-6-4-18(23)5-7-19)16-22(27)24-9-10-25-11-13-31-14-12-25/h3-8,15H,9-14,16H2,1-2H3,(H,24,27). The van der Waals surface area contributed by atoms with Crippen LogP contribution in [0.15, 0.2) is 47.4 Å². The Labute approximate surface area is 194 Å². The lowest BCUT2D eigenvalue weighted by Crippen LogP contribution is -2.45. The van der Waals surface area contributed by atoms with Gasteiger partial charge >= 0.3 is 0 Å². The van der Waals surface area contributed by atoms with Gasteiger partial charge in [0.1, 0.15) is 17.2 Å². The van der Waals surface area contributed by atoms with E-state index >= 15 is 0 Å². The number of nitrogens with zero attached hydrogens (tertiary/aromatic N) is 2. The van der Waals surface area contributed by atoms with E-state index in [0.717, 1.165) is 23.0 Å². The van der Waals surface area contributed by atoms with Crippen molar-refractivity contribution in [2.24, 2.45) is 0 Å². The highest BCUT2D eigenvalue weighted by atomic mass is 35.5. The minimum Gasteiger partial charge on any atom is -0.495 e. The predicted octanol–water partition coefficient (Wildman–Crippen LogP) is 2.30. The summed E-state index contributed by atoms with van der Waals surface area (Å²) in [6, 6.07) is 11.2. The number of anilines is 1. The van der Waals surface area contributed by atoms with Crippen LogP contribution in [0.4, 0.5) is 5.69 Å². The molecule has 1 N–H and O–H groups in total. The summed E-state index contributed by atoms with van der Waals surface area (Å²) in [4.78, 5) is 14.9. The largest absolute Gasteiger partial charge is 0.495 e. The lowest BCUT2D eigenvalue weighted by atomic mass is 10.2. The highest BCUT2D eigenvalue weighted by Crippen LogP contribution is 2.31. The first-order valence-corrected chi connectivity index (χ1v) is 12.1. The monoisotopic (exact) mass is 481 g/mol. The normalized spacial score (nSPS) is 14.7. The van der Waals surface area contributed by atoms with Crippen molar-refractivity contribution >= 4 is 33.2 Å². The molecular weight excluding hydrogens is 454 g/mol. The minimum absolute atomic E-state index is 0.00364. The zero-order valence-electron chi connectivity index (χ0n) is 18.2. The fraction of sp³-hybridized carbons (Fsp3) is 0.409. The Kier molecular flexibility index (Phi) is 8.36.